The number of halogens is 34. The van der Waals surface area contributed by atoms with Crippen molar-refractivity contribution in [1.29, 1.82) is 0 Å². The fourth-order valence-electron chi connectivity index (χ4n) is 3.55. The summed E-state index contributed by atoms with van der Waals surface area (Å²) in [6.07, 6.45) is -16.1. The van der Waals surface area contributed by atoms with Gasteiger partial charge in [0.05, 0.1) is 11.1 Å². The minimum atomic E-state index is -9.00. The Bertz CT molecular complexity index is 1900. The molecule has 0 N–H and O–H groups in total. The van der Waals surface area contributed by atoms with Gasteiger partial charge in [-0.2, -0.15) is 149 Å². The molecule has 1 aromatic rings. The van der Waals surface area contributed by atoms with Gasteiger partial charge in [-0.1, -0.05) is 6.07 Å². The summed E-state index contributed by atoms with van der Waals surface area (Å²) >= 11 is 0. The standard InChI is InChI=1S/C26H4F34O6/c27-7(13(31,32)15(35,36)17(39,40)19(43,44)21(47,48)23(51,52)25(55,56)57)9(29)63-65-11(61)5-2-1-3-6(4-5)12(62)66-64-10(30)8(28)14(33,34)16(37,38)18(41,42)20(45,46)22(49,50)24(53,54)26(58,59)60/h1-4H. The Morgan fingerprint density at radius 1 is 0.318 bits per heavy atom. The first kappa shape index (κ1) is 58.9. The van der Waals surface area contributed by atoms with Crippen molar-refractivity contribution in [2.24, 2.45) is 0 Å². The molecule has 0 bridgehead atoms. The lowest BCUT2D eigenvalue weighted by molar-refractivity contribution is -0.451. The molecule has 0 saturated heterocycles. The van der Waals surface area contributed by atoms with E-state index in [1.807, 2.05) is 0 Å². The van der Waals surface area contributed by atoms with Gasteiger partial charge in [-0.3, -0.25) is 9.78 Å². The SMILES string of the molecule is O=C(OOC(F)=C(F)C(F)(F)C(F)(F)C(F)(F)C(F)(F)C(F)(F)C(F)(F)C(F)(F)F)c1cccc(C(=O)OOC(F)=C(F)C(F)(F)C(F)(F)C(F)(F)C(F)(F)C(F)(F)C(F)(F)C(F)(F)F)c1. The van der Waals surface area contributed by atoms with Crippen LogP contribution < -0.4 is 0 Å². The van der Waals surface area contributed by atoms with E-state index in [-0.39, 0.29) is 24.3 Å². The summed E-state index contributed by atoms with van der Waals surface area (Å²) in [7, 11) is 0. The average molecular weight is 1060 g/mol. The Labute approximate surface area is 334 Å². The van der Waals surface area contributed by atoms with Gasteiger partial charge in [-0.05, 0) is 18.2 Å². The number of carbonyl (C=O) groups excluding carboxylic acids is 2. The van der Waals surface area contributed by atoms with Crippen molar-refractivity contribution in [1.82, 2.24) is 0 Å². The summed E-state index contributed by atoms with van der Waals surface area (Å²) in [6, 6.07) is -8.71. The van der Waals surface area contributed by atoms with E-state index in [9.17, 15) is 159 Å². The van der Waals surface area contributed by atoms with Crippen molar-refractivity contribution < 1.29 is 178 Å². The number of hydrogen-bond acceptors (Lipinski definition) is 6. The zero-order chi connectivity index (χ0) is 53.3. The molecule has 1 aromatic carbocycles. The van der Waals surface area contributed by atoms with E-state index >= 15 is 0 Å². The largest absolute Gasteiger partial charge is 0.460 e. The maximum Gasteiger partial charge on any atom is 0.460 e. The van der Waals surface area contributed by atoms with Crippen LogP contribution in [0, 0.1) is 0 Å². The van der Waals surface area contributed by atoms with Crippen LogP contribution in [0.5, 0.6) is 0 Å². The van der Waals surface area contributed by atoms with Crippen LogP contribution in [0.2, 0.25) is 0 Å². The second-order valence-electron chi connectivity index (χ2n) is 11.6. The molecule has 0 heterocycles. The lowest BCUT2D eigenvalue weighted by atomic mass is 9.91. The molecule has 0 fully saturated rings. The van der Waals surface area contributed by atoms with E-state index in [1.54, 1.807) is 0 Å². The molecule has 0 radical (unpaired) electrons. The predicted molar refractivity (Wildman–Crippen MR) is 129 cm³/mol. The summed E-state index contributed by atoms with van der Waals surface area (Å²) in [5.41, 5.74) is -3.34. The maximum atomic E-state index is 13.8. The van der Waals surface area contributed by atoms with Gasteiger partial charge in [0.25, 0.3) is 11.7 Å². The highest BCUT2D eigenvalue weighted by Gasteiger charge is 2.95. The minimum Gasteiger partial charge on any atom is -0.252 e. The first-order valence-corrected chi connectivity index (χ1v) is 14.3. The first-order chi connectivity index (χ1) is 28.6. The van der Waals surface area contributed by atoms with Crippen LogP contribution in [-0.4, -0.2) is 95.4 Å². The van der Waals surface area contributed by atoms with Gasteiger partial charge in [-0.25, -0.2) is 19.4 Å². The van der Waals surface area contributed by atoms with Crippen molar-refractivity contribution in [3.8, 4) is 0 Å². The fraction of sp³-hybridized carbons (Fsp3) is 0.538. The second kappa shape index (κ2) is 16.9. The van der Waals surface area contributed by atoms with Gasteiger partial charge in [0.2, 0.25) is 0 Å². The molecule has 0 amide bonds. The number of hydrogen-bond donors (Lipinski definition) is 0. The fourth-order valence-corrected chi connectivity index (χ4v) is 3.55. The summed E-state index contributed by atoms with van der Waals surface area (Å²) in [5, 5.41) is 0. The van der Waals surface area contributed by atoms with Crippen LogP contribution in [0.15, 0.2) is 47.9 Å². The van der Waals surface area contributed by atoms with Crippen molar-refractivity contribution >= 4 is 11.9 Å². The monoisotopic (exact) mass is 1060 g/mol. The molecule has 0 unspecified atom stereocenters. The Morgan fingerprint density at radius 3 is 0.758 bits per heavy atom. The molecule has 0 aliphatic carbocycles. The number of alkyl halides is 30. The molecule has 0 spiro atoms. The van der Waals surface area contributed by atoms with Crippen LogP contribution in [0.4, 0.5) is 149 Å². The molecule has 0 aliphatic rings. The van der Waals surface area contributed by atoms with Crippen molar-refractivity contribution in [2.75, 3.05) is 0 Å². The van der Waals surface area contributed by atoms with E-state index < -0.39 is 130 Å². The topological polar surface area (TPSA) is 71.1 Å². The summed E-state index contributed by atoms with van der Waals surface area (Å²) < 4.78 is 452. The van der Waals surface area contributed by atoms with Crippen LogP contribution in [0.3, 0.4) is 0 Å². The highest BCUT2D eigenvalue weighted by atomic mass is 19.4. The highest BCUT2D eigenvalue weighted by Crippen LogP contribution is 2.65. The molecule has 0 aromatic heterocycles. The Kier molecular flexibility index (Phi) is 15.1. The smallest absolute Gasteiger partial charge is 0.252 e. The van der Waals surface area contributed by atoms with E-state index in [0.29, 0.717) is 0 Å². The molecule has 1 rings (SSSR count). The minimum absolute atomic E-state index is 0.0937. The number of rotatable bonds is 18. The molecular weight excluding hydrogens is 1050 g/mol. The van der Waals surface area contributed by atoms with Gasteiger partial charge in [0.15, 0.2) is 0 Å². The van der Waals surface area contributed by atoms with Gasteiger partial charge in [0.1, 0.15) is 0 Å². The average Bonchev–Trinajstić information content (AvgIpc) is 3.16. The Balaban J connectivity index is 3.40. The first-order valence-electron chi connectivity index (χ1n) is 14.3. The third kappa shape index (κ3) is 8.66. The van der Waals surface area contributed by atoms with Crippen LogP contribution in [0.25, 0.3) is 0 Å². The normalized spacial score (nSPS) is 16.0. The van der Waals surface area contributed by atoms with Crippen LogP contribution in [-0.2, 0) is 19.6 Å². The molecule has 6 nitrogen and oxygen atoms in total. The highest BCUT2D eigenvalue weighted by molar-refractivity contribution is 5.94. The third-order valence-electron chi connectivity index (χ3n) is 7.27. The molecule has 40 heteroatoms. The number of carbonyl (C=O) groups is 2. The molecule has 0 saturated carbocycles. The number of benzene rings is 1. The Hall–Kier alpha value is -5.14. The number of allylic oxidation sites excluding steroid dienone is 2. The van der Waals surface area contributed by atoms with Crippen molar-refractivity contribution in [3.05, 3.63) is 59.1 Å². The predicted octanol–water partition coefficient (Wildman–Crippen LogP) is 12.8. The lowest BCUT2D eigenvalue weighted by Gasteiger charge is -2.41. The zero-order valence-corrected chi connectivity index (χ0v) is 28.6. The van der Waals surface area contributed by atoms with Gasteiger partial charge >= 0.3 is 107 Å². The maximum absolute atomic E-state index is 13.8. The van der Waals surface area contributed by atoms with Crippen molar-refractivity contribution in [2.45, 2.75) is 83.4 Å². The van der Waals surface area contributed by atoms with Gasteiger partial charge < -0.3 is 0 Å². The molecule has 382 valence electrons. The van der Waals surface area contributed by atoms with E-state index in [0.717, 1.165) is 0 Å². The lowest BCUT2D eigenvalue weighted by Crippen LogP contribution is -2.72. The summed E-state index contributed by atoms with van der Waals surface area (Å²) in [5.74, 6) is -120. The molecule has 0 atom stereocenters. The molecular formula is C26H4F34O6. The Morgan fingerprint density at radius 2 is 0.530 bits per heavy atom. The van der Waals surface area contributed by atoms with Crippen LogP contribution in [0.1, 0.15) is 20.7 Å². The van der Waals surface area contributed by atoms with Gasteiger partial charge in [-0.15, -0.1) is 0 Å². The quantitative estimate of drug-likeness (QED) is 0.0631. The molecule has 0 aliphatic heterocycles. The van der Waals surface area contributed by atoms with E-state index in [1.165, 1.54) is 0 Å². The second-order valence-corrected chi connectivity index (χ2v) is 11.6. The van der Waals surface area contributed by atoms with Crippen molar-refractivity contribution in [3.63, 3.8) is 0 Å². The van der Waals surface area contributed by atoms with Crippen LogP contribution >= 0.6 is 0 Å². The van der Waals surface area contributed by atoms with E-state index in [2.05, 4.69) is 19.6 Å². The third-order valence-corrected chi connectivity index (χ3v) is 7.27. The summed E-state index contributed by atoms with van der Waals surface area (Å²) in [4.78, 5) is 35.2. The summed E-state index contributed by atoms with van der Waals surface area (Å²) in [6.45, 7) is 0. The van der Waals surface area contributed by atoms with E-state index in [4.69, 9.17) is 0 Å². The zero-order valence-electron chi connectivity index (χ0n) is 28.6. The molecule has 66 heavy (non-hydrogen) atoms. The van der Waals surface area contributed by atoms with Gasteiger partial charge in [0, 0.05) is 0 Å².